The van der Waals surface area contributed by atoms with Crippen LogP contribution in [0.5, 0.6) is 0 Å². The number of aromatic nitrogens is 2. The van der Waals surface area contributed by atoms with Gasteiger partial charge in [0.05, 0.1) is 5.69 Å². The Labute approximate surface area is 119 Å². The highest BCUT2D eigenvalue weighted by Gasteiger charge is 2.17. The second-order valence-corrected chi connectivity index (χ2v) is 5.23. The van der Waals surface area contributed by atoms with Crippen molar-refractivity contribution in [1.82, 2.24) is 15.1 Å². The van der Waals surface area contributed by atoms with Gasteiger partial charge < -0.3 is 5.32 Å². The van der Waals surface area contributed by atoms with Gasteiger partial charge in [-0.15, -0.1) is 0 Å². The van der Waals surface area contributed by atoms with E-state index in [1.807, 2.05) is 31.6 Å². The fraction of sp³-hybridized carbons (Fsp3) is 0.438. The molecule has 0 bridgehead atoms. The molecule has 0 fully saturated rings. The zero-order chi connectivity index (χ0) is 14.7. The predicted octanol–water partition coefficient (Wildman–Crippen LogP) is 3.07. The zero-order valence-electron chi connectivity index (χ0n) is 12.6. The van der Waals surface area contributed by atoms with Gasteiger partial charge in [-0.1, -0.05) is 13.0 Å². The molecule has 108 valence electrons. The summed E-state index contributed by atoms with van der Waals surface area (Å²) in [6, 6.07) is 5.20. The van der Waals surface area contributed by atoms with Gasteiger partial charge >= 0.3 is 0 Å². The van der Waals surface area contributed by atoms with E-state index in [-0.39, 0.29) is 11.9 Å². The normalized spacial score (nSPS) is 12.7. The van der Waals surface area contributed by atoms with Crippen molar-refractivity contribution < 1.29 is 4.39 Å². The lowest BCUT2D eigenvalue weighted by molar-refractivity contribution is 0.544. The summed E-state index contributed by atoms with van der Waals surface area (Å²) in [6.07, 6.45) is 2.90. The Hall–Kier alpha value is -1.68. The molecule has 0 aliphatic heterocycles. The standard InChI is InChI=1S/C16H22FN3/c1-5-18-16(15-10-20(4)19-12(15)3)9-13-6-7-14(17)8-11(13)2/h6-8,10,16,18H,5,9H2,1-4H3. The first-order valence-electron chi connectivity index (χ1n) is 6.99. The molecule has 1 aromatic heterocycles. The lowest BCUT2D eigenvalue weighted by Gasteiger charge is -2.18. The van der Waals surface area contributed by atoms with E-state index in [1.165, 1.54) is 17.2 Å². The summed E-state index contributed by atoms with van der Waals surface area (Å²) in [6.45, 7) is 6.96. The maximum absolute atomic E-state index is 13.2. The maximum Gasteiger partial charge on any atom is 0.123 e. The van der Waals surface area contributed by atoms with E-state index in [4.69, 9.17) is 0 Å². The van der Waals surface area contributed by atoms with Crippen LogP contribution in [0.25, 0.3) is 0 Å². The fourth-order valence-corrected chi connectivity index (χ4v) is 2.61. The van der Waals surface area contributed by atoms with Crippen molar-refractivity contribution in [2.24, 2.45) is 7.05 Å². The Morgan fingerprint density at radius 1 is 1.35 bits per heavy atom. The van der Waals surface area contributed by atoms with Crippen LogP contribution in [0.4, 0.5) is 4.39 Å². The van der Waals surface area contributed by atoms with Gasteiger partial charge in [0.2, 0.25) is 0 Å². The number of rotatable bonds is 5. The van der Waals surface area contributed by atoms with Crippen LogP contribution in [0.3, 0.4) is 0 Å². The topological polar surface area (TPSA) is 29.9 Å². The summed E-state index contributed by atoms with van der Waals surface area (Å²) in [5, 5.41) is 7.91. The molecule has 0 aliphatic rings. The molecule has 0 saturated carbocycles. The number of hydrogen-bond acceptors (Lipinski definition) is 2. The molecule has 1 aromatic carbocycles. The third-order valence-corrected chi connectivity index (χ3v) is 3.61. The Balaban J connectivity index is 2.27. The number of aryl methyl sites for hydroxylation is 3. The molecular formula is C16H22FN3. The van der Waals surface area contributed by atoms with Crippen LogP contribution >= 0.6 is 0 Å². The molecule has 1 atom stereocenters. The Morgan fingerprint density at radius 3 is 2.65 bits per heavy atom. The molecule has 2 aromatic rings. The number of nitrogens with one attached hydrogen (secondary N) is 1. The molecule has 0 amide bonds. The number of hydrogen-bond donors (Lipinski definition) is 1. The van der Waals surface area contributed by atoms with Crippen LogP contribution in [0.2, 0.25) is 0 Å². The molecule has 1 N–H and O–H groups in total. The molecule has 4 heteroatoms. The maximum atomic E-state index is 13.2. The minimum absolute atomic E-state index is 0.177. The van der Waals surface area contributed by atoms with E-state index in [9.17, 15) is 4.39 Å². The Bertz CT molecular complexity index is 589. The second kappa shape index (κ2) is 6.18. The molecule has 0 aliphatic carbocycles. The van der Waals surface area contributed by atoms with Gasteiger partial charge in [-0.25, -0.2) is 4.39 Å². The van der Waals surface area contributed by atoms with Gasteiger partial charge in [0.1, 0.15) is 5.82 Å². The van der Waals surface area contributed by atoms with Crippen LogP contribution in [0, 0.1) is 19.7 Å². The molecule has 1 heterocycles. The summed E-state index contributed by atoms with van der Waals surface area (Å²) < 4.78 is 15.0. The van der Waals surface area contributed by atoms with Gasteiger partial charge in [-0.3, -0.25) is 4.68 Å². The van der Waals surface area contributed by atoms with E-state index in [0.29, 0.717) is 0 Å². The van der Waals surface area contributed by atoms with Crippen molar-refractivity contribution in [2.45, 2.75) is 33.2 Å². The number of benzene rings is 1. The minimum atomic E-state index is -0.177. The summed E-state index contributed by atoms with van der Waals surface area (Å²) in [7, 11) is 1.93. The smallest absolute Gasteiger partial charge is 0.123 e. The van der Waals surface area contributed by atoms with E-state index in [2.05, 4.69) is 23.5 Å². The Morgan fingerprint density at radius 2 is 2.10 bits per heavy atom. The number of halogens is 1. The first-order valence-corrected chi connectivity index (χ1v) is 6.99. The van der Waals surface area contributed by atoms with E-state index in [1.54, 1.807) is 6.07 Å². The van der Waals surface area contributed by atoms with Crippen LogP contribution < -0.4 is 5.32 Å². The van der Waals surface area contributed by atoms with Gasteiger partial charge in [-0.2, -0.15) is 5.10 Å². The third kappa shape index (κ3) is 3.25. The summed E-state index contributed by atoms with van der Waals surface area (Å²) in [5.74, 6) is -0.177. The van der Waals surface area contributed by atoms with E-state index >= 15 is 0 Å². The fourth-order valence-electron chi connectivity index (χ4n) is 2.61. The van der Waals surface area contributed by atoms with E-state index < -0.39 is 0 Å². The molecule has 2 rings (SSSR count). The zero-order valence-corrected chi connectivity index (χ0v) is 12.6. The predicted molar refractivity (Wildman–Crippen MR) is 79.2 cm³/mol. The summed E-state index contributed by atoms with van der Waals surface area (Å²) >= 11 is 0. The van der Waals surface area contributed by atoms with Crippen LogP contribution in [-0.2, 0) is 13.5 Å². The summed E-state index contributed by atoms with van der Waals surface area (Å²) in [5.41, 5.74) is 4.41. The van der Waals surface area contributed by atoms with Crippen LogP contribution in [0.15, 0.2) is 24.4 Å². The van der Waals surface area contributed by atoms with Gasteiger partial charge in [0.25, 0.3) is 0 Å². The van der Waals surface area contributed by atoms with E-state index in [0.717, 1.165) is 24.2 Å². The first-order chi connectivity index (χ1) is 9.51. The highest BCUT2D eigenvalue weighted by Crippen LogP contribution is 2.23. The average molecular weight is 275 g/mol. The minimum Gasteiger partial charge on any atom is -0.310 e. The highest BCUT2D eigenvalue weighted by atomic mass is 19.1. The molecule has 0 radical (unpaired) electrons. The van der Waals surface area contributed by atoms with Gasteiger partial charge in [0, 0.05) is 24.8 Å². The van der Waals surface area contributed by atoms with Gasteiger partial charge in [-0.05, 0) is 50.1 Å². The van der Waals surface area contributed by atoms with Crippen LogP contribution in [-0.4, -0.2) is 16.3 Å². The molecule has 0 spiro atoms. The molecule has 1 unspecified atom stereocenters. The quantitative estimate of drug-likeness (QED) is 0.909. The van der Waals surface area contributed by atoms with Crippen molar-refractivity contribution in [1.29, 1.82) is 0 Å². The number of nitrogens with zero attached hydrogens (tertiary/aromatic N) is 2. The SMILES string of the molecule is CCNC(Cc1ccc(F)cc1C)c1cn(C)nc1C. The molecular weight excluding hydrogens is 253 g/mol. The first kappa shape index (κ1) is 14.7. The molecule has 20 heavy (non-hydrogen) atoms. The lowest BCUT2D eigenvalue weighted by atomic mass is 9.96. The highest BCUT2D eigenvalue weighted by molar-refractivity contribution is 5.30. The monoisotopic (exact) mass is 275 g/mol. The van der Waals surface area contributed by atoms with Crippen molar-refractivity contribution in [2.75, 3.05) is 6.54 Å². The summed E-state index contributed by atoms with van der Waals surface area (Å²) in [4.78, 5) is 0. The molecule has 0 saturated heterocycles. The molecule has 3 nitrogen and oxygen atoms in total. The Kier molecular flexibility index (Phi) is 4.55. The van der Waals surface area contributed by atoms with Gasteiger partial charge in [0.15, 0.2) is 0 Å². The average Bonchev–Trinajstić information content (AvgIpc) is 2.71. The third-order valence-electron chi connectivity index (χ3n) is 3.61. The van der Waals surface area contributed by atoms with Crippen molar-refractivity contribution in [3.8, 4) is 0 Å². The largest absolute Gasteiger partial charge is 0.310 e. The van der Waals surface area contributed by atoms with Crippen molar-refractivity contribution in [3.63, 3.8) is 0 Å². The second-order valence-electron chi connectivity index (χ2n) is 5.23. The number of likely N-dealkylation sites (N-methyl/N-ethyl adjacent to an activating group) is 1. The van der Waals surface area contributed by atoms with Crippen molar-refractivity contribution in [3.05, 3.63) is 52.6 Å². The lowest BCUT2D eigenvalue weighted by Crippen LogP contribution is -2.23. The van der Waals surface area contributed by atoms with Crippen LogP contribution in [0.1, 0.15) is 35.3 Å². The van der Waals surface area contributed by atoms with Crippen molar-refractivity contribution >= 4 is 0 Å².